The van der Waals surface area contributed by atoms with E-state index in [1.165, 1.54) is 0 Å². The lowest BCUT2D eigenvalue weighted by molar-refractivity contribution is 1.24. The SMILES string of the molecule is Cc1cc(-c2cc[nH]c(=O)c2)ccc1N. The number of nitrogen functional groups attached to an aromatic ring is 1. The number of nitrogens with two attached hydrogens (primary N) is 1. The number of anilines is 1. The number of aromatic amines is 1. The molecule has 2 rings (SSSR count). The van der Waals surface area contributed by atoms with Gasteiger partial charge >= 0.3 is 0 Å². The van der Waals surface area contributed by atoms with E-state index in [2.05, 4.69) is 4.98 Å². The Labute approximate surface area is 87.6 Å². The van der Waals surface area contributed by atoms with Crippen molar-refractivity contribution in [3.8, 4) is 11.1 Å². The van der Waals surface area contributed by atoms with Crippen molar-refractivity contribution >= 4 is 5.69 Å². The lowest BCUT2D eigenvalue weighted by Gasteiger charge is -2.04. The fourth-order valence-corrected chi connectivity index (χ4v) is 1.48. The molecule has 0 fully saturated rings. The molecular formula is C12H12N2O. The molecule has 0 spiro atoms. The molecule has 0 aliphatic carbocycles. The highest BCUT2D eigenvalue weighted by molar-refractivity contribution is 5.67. The van der Waals surface area contributed by atoms with E-state index in [1.807, 2.05) is 31.2 Å². The quantitative estimate of drug-likeness (QED) is 0.691. The van der Waals surface area contributed by atoms with Crippen LogP contribution >= 0.6 is 0 Å². The largest absolute Gasteiger partial charge is 0.399 e. The molecule has 0 bridgehead atoms. The van der Waals surface area contributed by atoms with E-state index in [0.717, 1.165) is 22.4 Å². The van der Waals surface area contributed by atoms with Crippen LogP contribution < -0.4 is 11.3 Å². The fourth-order valence-electron chi connectivity index (χ4n) is 1.48. The maximum absolute atomic E-state index is 11.1. The Bertz CT molecular complexity index is 543. The summed E-state index contributed by atoms with van der Waals surface area (Å²) >= 11 is 0. The molecular weight excluding hydrogens is 188 g/mol. The molecule has 1 aromatic heterocycles. The molecule has 1 aromatic carbocycles. The minimum absolute atomic E-state index is 0.0954. The first kappa shape index (κ1) is 9.52. The van der Waals surface area contributed by atoms with Crippen molar-refractivity contribution in [2.24, 2.45) is 0 Å². The topological polar surface area (TPSA) is 58.9 Å². The summed E-state index contributed by atoms with van der Waals surface area (Å²) in [7, 11) is 0. The predicted molar refractivity (Wildman–Crippen MR) is 61.6 cm³/mol. The Morgan fingerprint density at radius 2 is 1.87 bits per heavy atom. The van der Waals surface area contributed by atoms with Gasteiger partial charge < -0.3 is 10.7 Å². The van der Waals surface area contributed by atoms with Crippen LogP contribution in [0.15, 0.2) is 41.3 Å². The monoisotopic (exact) mass is 200 g/mol. The molecule has 2 aromatic rings. The van der Waals surface area contributed by atoms with Crippen molar-refractivity contribution in [2.75, 3.05) is 5.73 Å². The molecule has 0 saturated heterocycles. The summed E-state index contributed by atoms with van der Waals surface area (Å²) in [5, 5.41) is 0. The second-order valence-electron chi connectivity index (χ2n) is 3.51. The lowest BCUT2D eigenvalue weighted by Crippen LogP contribution is -2.02. The maximum Gasteiger partial charge on any atom is 0.248 e. The van der Waals surface area contributed by atoms with Crippen molar-refractivity contribution in [1.29, 1.82) is 0 Å². The summed E-state index contributed by atoms with van der Waals surface area (Å²) in [6.45, 7) is 1.95. The minimum Gasteiger partial charge on any atom is -0.399 e. The van der Waals surface area contributed by atoms with Gasteiger partial charge in [-0.2, -0.15) is 0 Å². The first-order valence-electron chi connectivity index (χ1n) is 4.72. The van der Waals surface area contributed by atoms with Gasteiger partial charge in [-0.05, 0) is 41.8 Å². The van der Waals surface area contributed by atoms with Crippen LogP contribution in [0.2, 0.25) is 0 Å². The summed E-state index contributed by atoms with van der Waals surface area (Å²) < 4.78 is 0. The van der Waals surface area contributed by atoms with Gasteiger partial charge in [0.2, 0.25) is 5.56 Å². The molecule has 3 nitrogen and oxygen atoms in total. The lowest BCUT2D eigenvalue weighted by atomic mass is 10.0. The third-order valence-corrected chi connectivity index (χ3v) is 2.38. The molecule has 3 heteroatoms. The number of nitrogens with one attached hydrogen (secondary N) is 1. The van der Waals surface area contributed by atoms with E-state index in [0.29, 0.717) is 0 Å². The molecule has 0 aliphatic heterocycles. The molecule has 76 valence electrons. The zero-order chi connectivity index (χ0) is 10.8. The Hall–Kier alpha value is -2.03. The molecule has 0 aliphatic rings. The van der Waals surface area contributed by atoms with Crippen molar-refractivity contribution < 1.29 is 0 Å². The molecule has 0 radical (unpaired) electrons. The number of aryl methyl sites for hydroxylation is 1. The predicted octanol–water partition coefficient (Wildman–Crippen LogP) is 1.93. The van der Waals surface area contributed by atoms with E-state index in [1.54, 1.807) is 12.3 Å². The highest BCUT2D eigenvalue weighted by Gasteiger charge is 2.00. The third-order valence-electron chi connectivity index (χ3n) is 2.38. The Kier molecular flexibility index (Phi) is 2.29. The van der Waals surface area contributed by atoms with Crippen LogP contribution in [0, 0.1) is 6.92 Å². The summed E-state index contributed by atoms with van der Waals surface area (Å²) in [5.41, 5.74) is 9.33. The first-order valence-corrected chi connectivity index (χ1v) is 4.72. The smallest absolute Gasteiger partial charge is 0.248 e. The van der Waals surface area contributed by atoms with Gasteiger partial charge in [-0.3, -0.25) is 4.79 Å². The van der Waals surface area contributed by atoms with Crippen molar-refractivity contribution in [3.05, 3.63) is 52.4 Å². The number of hydrogen-bond acceptors (Lipinski definition) is 2. The second kappa shape index (κ2) is 3.61. The molecule has 0 unspecified atom stereocenters. The number of rotatable bonds is 1. The van der Waals surface area contributed by atoms with E-state index < -0.39 is 0 Å². The Balaban J connectivity index is 2.55. The molecule has 0 saturated carbocycles. The number of benzene rings is 1. The highest BCUT2D eigenvalue weighted by Crippen LogP contribution is 2.21. The standard InChI is InChI=1S/C12H12N2O/c1-8-6-9(2-3-11(8)13)10-4-5-14-12(15)7-10/h2-7H,13H2,1H3,(H,14,15). The summed E-state index contributed by atoms with van der Waals surface area (Å²) in [6.07, 6.45) is 1.64. The molecule has 15 heavy (non-hydrogen) atoms. The minimum atomic E-state index is -0.0954. The highest BCUT2D eigenvalue weighted by atomic mass is 16.1. The van der Waals surface area contributed by atoms with Gasteiger partial charge in [0, 0.05) is 18.0 Å². The van der Waals surface area contributed by atoms with Gasteiger partial charge in [0.25, 0.3) is 0 Å². The summed E-state index contributed by atoms with van der Waals surface area (Å²) in [4.78, 5) is 13.7. The van der Waals surface area contributed by atoms with Crippen molar-refractivity contribution in [2.45, 2.75) is 6.92 Å². The van der Waals surface area contributed by atoms with Crippen LogP contribution in [0.4, 0.5) is 5.69 Å². The van der Waals surface area contributed by atoms with Gasteiger partial charge in [-0.25, -0.2) is 0 Å². The van der Waals surface area contributed by atoms with Gasteiger partial charge in [0.1, 0.15) is 0 Å². The van der Waals surface area contributed by atoms with Gasteiger partial charge in [-0.15, -0.1) is 0 Å². The van der Waals surface area contributed by atoms with Crippen LogP contribution in [-0.2, 0) is 0 Å². The van der Waals surface area contributed by atoms with Crippen LogP contribution in [0.25, 0.3) is 11.1 Å². The van der Waals surface area contributed by atoms with Crippen LogP contribution in [-0.4, -0.2) is 4.98 Å². The molecule has 3 N–H and O–H groups in total. The molecule has 0 amide bonds. The van der Waals surface area contributed by atoms with E-state index in [-0.39, 0.29) is 5.56 Å². The maximum atomic E-state index is 11.1. The molecule has 1 heterocycles. The van der Waals surface area contributed by atoms with Crippen LogP contribution in [0.5, 0.6) is 0 Å². The number of pyridine rings is 1. The van der Waals surface area contributed by atoms with E-state index in [9.17, 15) is 4.79 Å². The summed E-state index contributed by atoms with van der Waals surface area (Å²) in [6, 6.07) is 9.18. The second-order valence-corrected chi connectivity index (χ2v) is 3.51. The fraction of sp³-hybridized carbons (Fsp3) is 0.0833. The Morgan fingerprint density at radius 3 is 2.53 bits per heavy atom. The van der Waals surface area contributed by atoms with Crippen molar-refractivity contribution in [1.82, 2.24) is 4.98 Å². The van der Waals surface area contributed by atoms with Crippen molar-refractivity contribution in [3.63, 3.8) is 0 Å². The number of H-pyrrole nitrogens is 1. The Morgan fingerprint density at radius 1 is 1.13 bits per heavy atom. The number of hydrogen-bond donors (Lipinski definition) is 2. The first-order chi connectivity index (χ1) is 7.16. The summed E-state index contributed by atoms with van der Waals surface area (Å²) in [5.74, 6) is 0. The van der Waals surface area contributed by atoms with E-state index in [4.69, 9.17) is 5.73 Å². The van der Waals surface area contributed by atoms with Crippen LogP contribution in [0.1, 0.15) is 5.56 Å². The zero-order valence-corrected chi connectivity index (χ0v) is 8.45. The van der Waals surface area contributed by atoms with Gasteiger partial charge in [-0.1, -0.05) is 6.07 Å². The van der Waals surface area contributed by atoms with Crippen LogP contribution in [0.3, 0.4) is 0 Å². The van der Waals surface area contributed by atoms with E-state index >= 15 is 0 Å². The normalized spacial score (nSPS) is 10.2. The third kappa shape index (κ3) is 1.91. The van der Waals surface area contributed by atoms with Gasteiger partial charge in [0.15, 0.2) is 0 Å². The molecule has 0 atom stereocenters. The van der Waals surface area contributed by atoms with Gasteiger partial charge in [0.05, 0.1) is 0 Å². The average molecular weight is 200 g/mol. The number of aromatic nitrogens is 1. The zero-order valence-electron chi connectivity index (χ0n) is 8.45. The average Bonchev–Trinajstić information content (AvgIpc) is 2.22.